The Morgan fingerprint density at radius 2 is 2.00 bits per heavy atom. The van der Waals surface area contributed by atoms with Gasteiger partial charge in [0.25, 0.3) is 0 Å². The van der Waals surface area contributed by atoms with Gasteiger partial charge < -0.3 is 20.1 Å². The summed E-state index contributed by atoms with van der Waals surface area (Å²) >= 11 is 0. The maximum absolute atomic E-state index is 12.3. The standard InChI is InChI=1S/C14H24N2O5/c1-5-21-12(19)9-7-6-8-16(9)13(20)15-10(11(17)18)14(2,3)4/h9-10H,5-8H2,1-4H3,(H,15,20)(H,17,18). The number of ether oxygens (including phenoxy) is 1. The number of rotatable bonds is 4. The van der Waals surface area contributed by atoms with Gasteiger partial charge in [-0.3, -0.25) is 0 Å². The Morgan fingerprint density at radius 1 is 1.38 bits per heavy atom. The van der Waals surface area contributed by atoms with Crippen molar-refractivity contribution in [2.24, 2.45) is 5.41 Å². The fraction of sp³-hybridized carbons (Fsp3) is 0.786. The zero-order chi connectivity index (χ0) is 16.2. The second-order valence-corrected chi connectivity index (χ2v) is 6.19. The summed E-state index contributed by atoms with van der Waals surface area (Å²) in [5.74, 6) is -1.53. The third-order valence-corrected chi connectivity index (χ3v) is 3.45. The minimum Gasteiger partial charge on any atom is -0.480 e. The van der Waals surface area contributed by atoms with Crippen LogP contribution in [0, 0.1) is 5.41 Å². The number of hydrogen-bond donors (Lipinski definition) is 2. The molecule has 0 aromatic carbocycles. The summed E-state index contributed by atoms with van der Waals surface area (Å²) < 4.78 is 4.95. The van der Waals surface area contributed by atoms with Gasteiger partial charge in [0.1, 0.15) is 12.1 Å². The van der Waals surface area contributed by atoms with Gasteiger partial charge in [-0.25, -0.2) is 14.4 Å². The largest absolute Gasteiger partial charge is 0.480 e. The van der Waals surface area contributed by atoms with Crippen molar-refractivity contribution in [3.05, 3.63) is 0 Å². The smallest absolute Gasteiger partial charge is 0.328 e. The molecule has 2 amide bonds. The number of hydrogen-bond acceptors (Lipinski definition) is 4. The van der Waals surface area contributed by atoms with Crippen LogP contribution >= 0.6 is 0 Å². The molecule has 0 spiro atoms. The second-order valence-electron chi connectivity index (χ2n) is 6.19. The van der Waals surface area contributed by atoms with Crippen LogP contribution in [0.1, 0.15) is 40.5 Å². The lowest BCUT2D eigenvalue weighted by atomic mass is 9.87. The number of likely N-dealkylation sites (tertiary alicyclic amines) is 1. The molecule has 1 rings (SSSR count). The number of esters is 1. The second kappa shape index (κ2) is 6.78. The highest BCUT2D eigenvalue weighted by Crippen LogP contribution is 2.22. The van der Waals surface area contributed by atoms with E-state index in [0.717, 1.165) is 0 Å². The van der Waals surface area contributed by atoms with Gasteiger partial charge >= 0.3 is 18.0 Å². The molecule has 2 atom stereocenters. The van der Waals surface area contributed by atoms with Crippen molar-refractivity contribution in [3.8, 4) is 0 Å². The SMILES string of the molecule is CCOC(=O)C1CCCN1C(=O)NC(C(=O)O)C(C)(C)C. The van der Waals surface area contributed by atoms with E-state index in [2.05, 4.69) is 5.32 Å². The van der Waals surface area contributed by atoms with Crippen LogP contribution in [-0.2, 0) is 14.3 Å². The van der Waals surface area contributed by atoms with E-state index in [4.69, 9.17) is 4.74 Å². The first-order chi connectivity index (χ1) is 9.68. The van der Waals surface area contributed by atoms with Crippen LogP contribution in [0.15, 0.2) is 0 Å². The predicted octanol–water partition coefficient (Wildman–Crippen LogP) is 1.22. The summed E-state index contributed by atoms with van der Waals surface area (Å²) in [7, 11) is 0. The first-order valence-corrected chi connectivity index (χ1v) is 7.15. The molecule has 0 bridgehead atoms. The van der Waals surface area contributed by atoms with Crippen LogP contribution < -0.4 is 5.32 Å². The molecular formula is C14H24N2O5. The van der Waals surface area contributed by atoms with E-state index < -0.39 is 35.5 Å². The summed E-state index contributed by atoms with van der Waals surface area (Å²) in [5.41, 5.74) is -0.624. The molecule has 0 aromatic heterocycles. The summed E-state index contributed by atoms with van der Waals surface area (Å²) in [4.78, 5) is 36.7. The molecule has 120 valence electrons. The zero-order valence-electron chi connectivity index (χ0n) is 13.0. The number of amides is 2. The van der Waals surface area contributed by atoms with Crippen molar-refractivity contribution in [2.45, 2.75) is 52.6 Å². The summed E-state index contributed by atoms with van der Waals surface area (Å²) in [6.45, 7) is 7.59. The lowest BCUT2D eigenvalue weighted by Crippen LogP contribution is -2.55. The lowest BCUT2D eigenvalue weighted by Gasteiger charge is -2.31. The molecule has 0 saturated carbocycles. The topological polar surface area (TPSA) is 95.9 Å². The van der Waals surface area contributed by atoms with E-state index >= 15 is 0 Å². The van der Waals surface area contributed by atoms with Crippen LogP contribution in [0.3, 0.4) is 0 Å². The highest BCUT2D eigenvalue weighted by atomic mass is 16.5. The molecule has 1 saturated heterocycles. The van der Waals surface area contributed by atoms with Gasteiger partial charge in [0.05, 0.1) is 6.61 Å². The highest BCUT2D eigenvalue weighted by molar-refractivity contribution is 5.87. The minimum atomic E-state index is -1.09. The van der Waals surface area contributed by atoms with Crippen molar-refractivity contribution in [1.82, 2.24) is 10.2 Å². The first kappa shape index (κ1) is 17.3. The summed E-state index contributed by atoms with van der Waals surface area (Å²) in [6, 6.07) is -2.18. The molecule has 7 nitrogen and oxygen atoms in total. The molecule has 7 heteroatoms. The fourth-order valence-corrected chi connectivity index (χ4v) is 2.35. The quantitative estimate of drug-likeness (QED) is 0.761. The Labute approximate surface area is 124 Å². The molecule has 0 aliphatic carbocycles. The van der Waals surface area contributed by atoms with Gasteiger partial charge in [0.2, 0.25) is 0 Å². The number of carbonyl (C=O) groups excluding carboxylic acids is 2. The Balaban J connectivity index is 2.77. The van der Waals surface area contributed by atoms with Gasteiger partial charge in [-0.05, 0) is 25.2 Å². The lowest BCUT2D eigenvalue weighted by molar-refractivity contribution is -0.147. The summed E-state index contributed by atoms with van der Waals surface area (Å²) in [6.07, 6.45) is 1.24. The van der Waals surface area contributed by atoms with Crippen LogP contribution in [0.4, 0.5) is 4.79 Å². The van der Waals surface area contributed by atoms with Crippen LogP contribution in [0.25, 0.3) is 0 Å². The third kappa shape index (κ3) is 4.34. The summed E-state index contributed by atoms with van der Waals surface area (Å²) in [5, 5.41) is 11.7. The van der Waals surface area contributed by atoms with E-state index in [0.29, 0.717) is 19.4 Å². The van der Waals surface area contributed by atoms with Crippen molar-refractivity contribution in [2.75, 3.05) is 13.2 Å². The molecule has 2 unspecified atom stereocenters. The molecule has 1 aliphatic heterocycles. The van der Waals surface area contributed by atoms with E-state index in [1.807, 2.05) is 0 Å². The third-order valence-electron chi connectivity index (χ3n) is 3.45. The van der Waals surface area contributed by atoms with Gasteiger partial charge in [0.15, 0.2) is 0 Å². The Morgan fingerprint density at radius 3 is 2.48 bits per heavy atom. The number of carboxylic acid groups (broad SMARTS) is 1. The van der Waals surface area contributed by atoms with Gasteiger partial charge in [0, 0.05) is 6.54 Å². The van der Waals surface area contributed by atoms with Crippen molar-refractivity contribution < 1.29 is 24.2 Å². The van der Waals surface area contributed by atoms with E-state index in [1.54, 1.807) is 27.7 Å². The number of carbonyl (C=O) groups is 3. The minimum absolute atomic E-state index is 0.254. The van der Waals surface area contributed by atoms with Gasteiger partial charge in [-0.1, -0.05) is 20.8 Å². The average Bonchev–Trinajstić information content (AvgIpc) is 2.83. The molecule has 2 N–H and O–H groups in total. The Kier molecular flexibility index (Phi) is 5.57. The van der Waals surface area contributed by atoms with E-state index in [1.165, 1.54) is 4.90 Å². The van der Waals surface area contributed by atoms with Crippen LogP contribution in [-0.4, -0.2) is 53.2 Å². The maximum Gasteiger partial charge on any atom is 0.328 e. The Hall–Kier alpha value is -1.79. The molecule has 1 heterocycles. The van der Waals surface area contributed by atoms with Gasteiger partial charge in [-0.2, -0.15) is 0 Å². The molecular weight excluding hydrogens is 276 g/mol. The number of urea groups is 1. The van der Waals surface area contributed by atoms with E-state index in [-0.39, 0.29) is 6.61 Å². The number of aliphatic carboxylic acids is 1. The number of nitrogens with zero attached hydrogens (tertiary/aromatic N) is 1. The molecule has 0 radical (unpaired) electrons. The Bertz CT molecular complexity index is 416. The monoisotopic (exact) mass is 300 g/mol. The van der Waals surface area contributed by atoms with Gasteiger partial charge in [-0.15, -0.1) is 0 Å². The van der Waals surface area contributed by atoms with E-state index in [9.17, 15) is 19.5 Å². The first-order valence-electron chi connectivity index (χ1n) is 7.15. The predicted molar refractivity (Wildman–Crippen MR) is 75.8 cm³/mol. The molecule has 1 aliphatic rings. The number of carboxylic acids is 1. The molecule has 21 heavy (non-hydrogen) atoms. The average molecular weight is 300 g/mol. The van der Waals surface area contributed by atoms with Crippen molar-refractivity contribution in [1.29, 1.82) is 0 Å². The van der Waals surface area contributed by atoms with Crippen LogP contribution in [0.2, 0.25) is 0 Å². The number of nitrogens with one attached hydrogen (secondary N) is 1. The van der Waals surface area contributed by atoms with Crippen molar-refractivity contribution >= 4 is 18.0 Å². The van der Waals surface area contributed by atoms with Crippen LogP contribution in [0.5, 0.6) is 0 Å². The molecule has 0 aromatic rings. The maximum atomic E-state index is 12.3. The highest BCUT2D eigenvalue weighted by Gasteiger charge is 2.39. The molecule has 1 fully saturated rings. The zero-order valence-corrected chi connectivity index (χ0v) is 13.0. The fourth-order valence-electron chi connectivity index (χ4n) is 2.35. The normalized spacial score (nSPS) is 20.0. The van der Waals surface area contributed by atoms with Crippen molar-refractivity contribution in [3.63, 3.8) is 0 Å².